The van der Waals surface area contributed by atoms with Crippen molar-refractivity contribution in [3.63, 3.8) is 0 Å². The predicted molar refractivity (Wildman–Crippen MR) is 65.2 cm³/mol. The van der Waals surface area contributed by atoms with E-state index in [-0.39, 0.29) is 0 Å². The summed E-state index contributed by atoms with van der Waals surface area (Å²) in [6.07, 6.45) is 4.02. The van der Waals surface area contributed by atoms with Gasteiger partial charge in [-0.1, -0.05) is 43.7 Å². The van der Waals surface area contributed by atoms with Crippen molar-refractivity contribution < 1.29 is 4.79 Å². The first kappa shape index (κ1) is 11.2. The molecule has 0 radical (unpaired) electrons. The molecule has 1 amide bonds. The second-order valence-electron chi connectivity index (χ2n) is 4.49. The van der Waals surface area contributed by atoms with Crippen LogP contribution in [0.2, 0.25) is 0 Å². The molecule has 0 saturated carbocycles. The molecule has 0 N–H and O–H groups in total. The highest BCUT2D eigenvalue weighted by atomic mass is 16.2. The van der Waals surface area contributed by atoms with E-state index in [0.717, 1.165) is 32.2 Å². The number of unbranched alkanes of at least 4 members (excludes halogenated alkanes) is 1. The molecule has 1 aliphatic heterocycles. The summed E-state index contributed by atoms with van der Waals surface area (Å²) in [6, 6.07) is 10.9. The number of β-lactam (4-membered cyclic amide) rings is 1. The molecule has 1 heterocycles. The van der Waals surface area contributed by atoms with Gasteiger partial charge in [0.2, 0.25) is 5.91 Å². The Morgan fingerprint density at radius 3 is 2.69 bits per heavy atom. The maximum absolute atomic E-state index is 11.5. The third-order valence-electron chi connectivity index (χ3n) is 3.24. The van der Waals surface area contributed by atoms with Crippen molar-refractivity contribution in [1.82, 2.24) is 4.90 Å². The molecule has 1 aromatic carbocycles. The van der Waals surface area contributed by atoms with Crippen molar-refractivity contribution in [2.75, 3.05) is 6.54 Å². The molecule has 1 saturated heterocycles. The SMILES string of the molecule is CCCCN1C(=O)CC1Cc1ccccc1. The summed E-state index contributed by atoms with van der Waals surface area (Å²) in [5, 5.41) is 0. The van der Waals surface area contributed by atoms with Gasteiger partial charge >= 0.3 is 0 Å². The monoisotopic (exact) mass is 217 g/mol. The maximum atomic E-state index is 11.5. The Labute approximate surface area is 97.3 Å². The van der Waals surface area contributed by atoms with Crippen LogP contribution in [0.3, 0.4) is 0 Å². The van der Waals surface area contributed by atoms with E-state index in [1.54, 1.807) is 0 Å². The number of hydrogen-bond acceptors (Lipinski definition) is 1. The second kappa shape index (κ2) is 5.15. The molecule has 2 rings (SSSR count). The molecule has 0 aromatic heterocycles. The van der Waals surface area contributed by atoms with Crippen LogP contribution in [0.15, 0.2) is 30.3 Å². The maximum Gasteiger partial charge on any atom is 0.224 e. The Bertz CT molecular complexity index is 347. The zero-order valence-electron chi connectivity index (χ0n) is 9.86. The van der Waals surface area contributed by atoms with Gasteiger partial charge in [0, 0.05) is 19.0 Å². The molecule has 86 valence electrons. The van der Waals surface area contributed by atoms with Crippen LogP contribution in [-0.4, -0.2) is 23.4 Å². The zero-order chi connectivity index (χ0) is 11.4. The van der Waals surface area contributed by atoms with Crippen molar-refractivity contribution in [3.8, 4) is 0 Å². The summed E-state index contributed by atoms with van der Waals surface area (Å²) in [4.78, 5) is 13.5. The smallest absolute Gasteiger partial charge is 0.224 e. The van der Waals surface area contributed by atoms with E-state index in [1.807, 2.05) is 11.0 Å². The average Bonchev–Trinajstić information content (AvgIpc) is 2.30. The first-order chi connectivity index (χ1) is 7.81. The quantitative estimate of drug-likeness (QED) is 0.694. The van der Waals surface area contributed by atoms with E-state index in [2.05, 4.69) is 31.2 Å². The van der Waals surface area contributed by atoms with Crippen molar-refractivity contribution in [2.45, 2.75) is 38.6 Å². The van der Waals surface area contributed by atoms with Crippen LogP contribution >= 0.6 is 0 Å². The lowest BCUT2D eigenvalue weighted by atomic mass is 9.94. The summed E-state index contributed by atoms with van der Waals surface area (Å²) >= 11 is 0. The molecule has 0 bridgehead atoms. The van der Waals surface area contributed by atoms with Crippen LogP contribution in [0, 0.1) is 0 Å². The molecule has 1 aliphatic rings. The standard InChI is InChI=1S/C14H19NO/c1-2-3-9-15-13(11-14(15)16)10-12-7-5-4-6-8-12/h4-8,13H,2-3,9-11H2,1H3. The number of carbonyl (C=O) groups excluding carboxylic acids is 1. The number of hydrogen-bond donors (Lipinski definition) is 0. The number of rotatable bonds is 5. The number of benzene rings is 1. The van der Waals surface area contributed by atoms with Crippen LogP contribution in [0.25, 0.3) is 0 Å². The van der Waals surface area contributed by atoms with Crippen LogP contribution < -0.4 is 0 Å². The minimum absolute atomic E-state index is 0.328. The molecular formula is C14H19NO. The Morgan fingerprint density at radius 1 is 1.31 bits per heavy atom. The Morgan fingerprint density at radius 2 is 2.06 bits per heavy atom. The molecule has 1 aromatic rings. The van der Waals surface area contributed by atoms with E-state index in [1.165, 1.54) is 5.56 Å². The van der Waals surface area contributed by atoms with Crippen LogP contribution in [0.1, 0.15) is 31.7 Å². The molecule has 1 fully saturated rings. The molecule has 2 nitrogen and oxygen atoms in total. The largest absolute Gasteiger partial charge is 0.339 e. The Kier molecular flexibility index (Phi) is 3.60. The summed E-state index contributed by atoms with van der Waals surface area (Å²) in [7, 11) is 0. The fraction of sp³-hybridized carbons (Fsp3) is 0.500. The third-order valence-corrected chi connectivity index (χ3v) is 3.24. The summed E-state index contributed by atoms with van der Waals surface area (Å²) in [5.41, 5.74) is 1.33. The molecule has 0 spiro atoms. The van der Waals surface area contributed by atoms with Crippen molar-refractivity contribution in [3.05, 3.63) is 35.9 Å². The molecule has 1 unspecified atom stereocenters. The van der Waals surface area contributed by atoms with Gasteiger partial charge < -0.3 is 4.90 Å². The van der Waals surface area contributed by atoms with Gasteiger partial charge in [-0.15, -0.1) is 0 Å². The minimum Gasteiger partial charge on any atom is -0.339 e. The van der Waals surface area contributed by atoms with E-state index < -0.39 is 0 Å². The van der Waals surface area contributed by atoms with Gasteiger partial charge in [0.25, 0.3) is 0 Å². The number of likely N-dealkylation sites (tertiary alicyclic amines) is 1. The molecular weight excluding hydrogens is 198 g/mol. The third kappa shape index (κ3) is 2.43. The number of nitrogens with zero attached hydrogens (tertiary/aromatic N) is 1. The first-order valence-corrected chi connectivity index (χ1v) is 6.14. The van der Waals surface area contributed by atoms with Crippen LogP contribution in [0.5, 0.6) is 0 Å². The van der Waals surface area contributed by atoms with Gasteiger partial charge in [0.1, 0.15) is 0 Å². The number of carbonyl (C=O) groups is 1. The highest BCUT2D eigenvalue weighted by Crippen LogP contribution is 2.23. The molecule has 1 atom stereocenters. The van der Waals surface area contributed by atoms with E-state index >= 15 is 0 Å². The minimum atomic E-state index is 0.328. The zero-order valence-corrected chi connectivity index (χ0v) is 9.86. The van der Waals surface area contributed by atoms with Crippen molar-refractivity contribution in [2.24, 2.45) is 0 Å². The second-order valence-corrected chi connectivity index (χ2v) is 4.49. The lowest BCUT2D eigenvalue weighted by Crippen LogP contribution is -2.53. The highest BCUT2D eigenvalue weighted by Gasteiger charge is 2.34. The average molecular weight is 217 g/mol. The fourth-order valence-corrected chi connectivity index (χ4v) is 2.22. The van der Waals surface area contributed by atoms with Gasteiger partial charge in [0.05, 0.1) is 0 Å². The molecule has 0 aliphatic carbocycles. The summed E-state index contributed by atoms with van der Waals surface area (Å²) in [6.45, 7) is 3.10. The van der Waals surface area contributed by atoms with E-state index in [4.69, 9.17) is 0 Å². The van der Waals surface area contributed by atoms with Crippen LogP contribution in [-0.2, 0) is 11.2 Å². The normalized spacial score (nSPS) is 19.7. The fourth-order valence-electron chi connectivity index (χ4n) is 2.22. The highest BCUT2D eigenvalue weighted by molar-refractivity contribution is 5.83. The van der Waals surface area contributed by atoms with E-state index in [9.17, 15) is 4.79 Å². The van der Waals surface area contributed by atoms with Gasteiger partial charge in [-0.2, -0.15) is 0 Å². The number of amides is 1. The summed E-state index contributed by atoms with van der Waals surface area (Å²) < 4.78 is 0. The topological polar surface area (TPSA) is 20.3 Å². The summed E-state index contributed by atoms with van der Waals surface area (Å²) in [5.74, 6) is 0.328. The van der Waals surface area contributed by atoms with E-state index in [0.29, 0.717) is 11.9 Å². The first-order valence-electron chi connectivity index (χ1n) is 6.14. The van der Waals surface area contributed by atoms with Gasteiger partial charge in [0.15, 0.2) is 0 Å². The van der Waals surface area contributed by atoms with Gasteiger partial charge in [-0.25, -0.2) is 0 Å². The van der Waals surface area contributed by atoms with Gasteiger partial charge in [-0.05, 0) is 18.4 Å². The Balaban J connectivity index is 1.89. The predicted octanol–water partition coefficient (Wildman–Crippen LogP) is 2.63. The lowest BCUT2D eigenvalue weighted by molar-refractivity contribution is -0.145. The van der Waals surface area contributed by atoms with Crippen molar-refractivity contribution >= 4 is 5.91 Å². The van der Waals surface area contributed by atoms with Crippen LogP contribution in [0.4, 0.5) is 0 Å². The lowest BCUT2D eigenvalue weighted by Gasteiger charge is -2.40. The van der Waals surface area contributed by atoms with Gasteiger partial charge in [-0.3, -0.25) is 4.79 Å². The molecule has 16 heavy (non-hydrogen) atoms. The molecule has 2 heteroatoms. The van der Waals surface area contributed by atoms with Crippen molar-refractivity contribution in [1.29, 1.82) is 0 Å². The Hall–Kier alpha value is -1.31.